The van der Waals surface area contributed by atoms with Crippen molar-refractivity contribution in [3.05, 3.63) is 60.2 Å². The summed E-state index contributed by atoms with van der Waals surface area (Å²) in [6, 6.07) is 20.0. The van der Waals surface area contributed by atoms with Gasteiger partial charge in [-0.3, -0.25) is 4.68 Å². The van der Waals surface area contributed by atoms with Crippen LogP contribution in [0.15, 0.2) is 54.6 Å². The Morgan fingerprint density at radius 3 is 2.60 bits per heavy atom. The topological polar surface area (TPSA) is 50.8 Å². The number of rotatable bonds is 4. The molecule has 2 aromatic carbocycles. The molecule has 0 saturated carbocycles. The number of para-hydroxylation sites is 1. The van der Waals surface area contributed by atoms with Gasteiger partial charge in [0.25, 0.3) is 0 Å². The van der Waals surface area contributed by atoms with Crippen molar-refractivity contribution in [3.8, 4) is 11.9 Å². The summed E-state index contributed by atoms with van der Waals surface area (Å²) in [7, 11) is 0. The van der Waals surface area contributed by atoms with Gasteiger partial charge < -0.3 is 4.74 Å². The first-order chi connectivity index (χ1) is 9.88. The van der Waals surface area contributed by atoms with E-state index in [1.54, 1.807) is 0 Å². The predicted molar refractivity (Wildman–Crippen MR) is 76.4 cm³/mol. The first-order valence-corrected chi connectivity index (χ1v) is 6.37. The average molecular weight is 263 g/mol. The Hall–Kier alpha value is -2.80. The number of ether oxygens (including phenoxy) is 1. The molecule has 0 saturated heterocycles. The number of nitriles is 1. The summed E-state index contributed by atoms with van der Waals surface area (Å²) in [6.45, 7) is 0.684. The molecule has 0 aliphatic rings. The van der Waals surface area contributed by atoms with E-state index in [0.29, 0.717) is 12.4 Å². The molecule has 1 aromatic heterocycles. The molecule has 0 N–H and O–H groups in total. The fourth-order valence-electron chi connectivity index (χ4n) is 2.18. The van der Waals surface area contributed by atoms with E-state index in [4.69, 9.17) is 10.00 Å². The minimum atomic E-state index is 0.00629. The van der Waals surface area contributed by atoms with E-state index in [9.17, 15) is 0 Å². The molecule has 0 unspecified atom stereocenters. The standard InChI is InChI=1S/C16H13N3O/c17-10-11-20-16-14-8-4-5-9-15(14)19(18-16)12-13-6-2-1-3-7-13/h1-9H,11-12H2. The normalized spacial score (nSPS) is 10.3. The molecule has 0 bridgehead atoms. The van der Waals surface area contributed by atoms with Crippen molar-refractivity contribution in [1.82, 2.24) is 9.78 Å². The van der Waals surface area contributed by atoms with Gasteiger partial charge in [-0.2, -0.15) is 5.26 Å². The van der Waals surface area contributed by atoms with Crippen LogP contribution < -0.4 is 4.74 Å². The molecule has 4 nitrogen and oxygen atoms in total. The van der Waals surface area contributed by atoms with Crippen molar-refractivity contribution in [3.63, 3.8) is 0 Å². The number of hydrogen-bond acceptors (Lipinski definition) is 3. The number of nitrogens with zero attached hydrogens (tertiary/aromatic N) is 3. The summed E-state index contributed by atoms with van der Waals surface area (Å²) in [4.78, 5) is 0. The van der Waals surface area contributed by atoms with Crippen LogP contribution in [-0.2, 0) is 6.54 Å². The lowest BCUT2D eigenvalue weighted by atomic mass is 10.2. The van der Waals surface area contributed by atoms with Crippen LogP contribution in [0.5, 0.6) is 5.88 Å². The molecule has 0 aliphatic heterocycles. The maximum absolute atomic E-state index is 8.63. The molecule has 0 amide bonds. The third kappa shape index (κ3) is 2.34. The summed E-state index contributed by atoms with van der Waals surface area (Å²) in [5.41, 5.74) is 2.18. The van der Waals surface area contributed by atoms with E-state index >= 15 is 0 Å². The zero-order chi connectivity index (χ0) is 13.8. The number of fused-ring (bicyclic) bond motifs is 1. The first-order valence-electron chi connectivity index (χ1n) is 6.37. The summed E-state index contributed by atoms with van der Waals surface area (Å²) in [5.74, 6) is 0.512. The highest BCUT2D eigenvalue weighted by Crippen LogP contribution is 2.25. The molecule has 0 aliphatic carbocycles. The Labute approximate surface area is 116 Å². The van der Waals surface area contributed by atoms with Crippen LogP contribution in [0.3, 0.4) is 0 Å². The van der Waals surface area contributed by atoms with Gasteiger partial charge in [0.2, 0.25) is 5.88 Å². The Kier molecular flexibility index (Phi) is 3.34. The molecule has 1 heterocycles. The Bertz CT molecular complexity index is 756. The highest BCUT2D eigenvalue weighted by atomic mass is 16.5. The van der Waals surface area contributed by atoms with Gasteiger partial charge in [0.05, 0.1) is 17.4 Å². The lowest BCUT2D eigenvalue weighted by molar-refractivity contribution is 0.351. The molecule has 0 radical (unpaired) electrons. The second kappa shape index (κ2) is 5.45. The molecule has 98 valence electrons. The largest absolute Gasteiger partial charge is 0.461 e. The van der Waals surface area contributed by atoms with Crippen LogP contribution >= 0.6 is 0 Å². The van der Waals surface area contributed by atoms with E-state index in [1.165, 1.54) is 5.56 Å². The van der Waals surface area contributed by atoms with Gasteiger partial charge in [0, 0.05) is 0 Å². The minimum Gasteiger partial charge on any atom is -0.461 e. The number of hydrogen-bond donors (Lipinski definition) is 0. The molecule has 0 spiro atoms. The summed E-state index contributed by atoms with van der Waals surface area (Å²) >= 11 is 0. The van der Waals surface area contributed by atoms with Crippen LogP contribution in [0.1, 0.15) is 5.56 Å². The fraction of sp³-hybridized carbons (Fsp3) is 0.125. The lowest BCUT2D eigenvalue weighted by Crippen LogP contribution is -2.02. The molecule has 0 fully saturated rings. The van der Waals surface area contributed by atoms with Gasteiger partial charge >= 0.3 is 0 Å². The second-order valence-corrected chi connectivity index (χ2v) is 4.41. The van der Waals surface area contributed by atoms with Crippen molar-refractivity contribution in [2.45, 2.75) is 6.54 Å². The molecule has 4 heteroatoms. The Morgan fingerprint density at radius 2 is 1.80 bits per heavy atom. The zero-order valence-corrected chi connectivity index (χ0v) is 10.9. The van der Waals surface area contributed by atoms with E-state index in [0.717, 1.165) is 10.9 Å². The summed E-state index contributed by atoms with van der Waals surface area (Å²) in [5, 5.41) is 14.0. The zero-order valence-electron chi connectivity index (χ0n) is 10.9. The quantitative estimate of drug-likeness (QED) is 0.727. The van der Waals surface area contributed by atoms with Crippen LogP contribution in [0.25, 0.3) is 10.9 Å². The van der Waals surface area contributed by atoms with Crippen LogP contribution in [-0.4, -0.2) is 16.4 Å². The van der Waals surface area contributed by atoms with E-state index in [2.05, 4.69) is 17.2 Å². The van der Waals surface area contributed by atoms with Gasteiger partial charge in [-0.15, -0.1) is 5.10 Å². The third-order valence-corrected chi connectivity index (χ3v) is 3.07. The Morgan fingerprint density at radius 1 is 1.05 bits per heavy atom. The average Bonchev–Trinajstić information content (AvgIpc) is 2.85. The van der Waals surface area contributed by atoms with Gasteiger partial charge in [-0.25, -0.2) is 0 Å². The van der Waals surface area contributed by atoms with Gasteiger partial charge in [0.1, 0.15) is 6.07 Å². The predicted octanol–water partition coefficient (Wildman–Crippen LogP) is 2.99. The molecule has 3 aromatic rings. The highest BCUT2D eigenvalue weighted by Gasteiger charge is 2.11. The second-order valence-electron chi connectivity index (χ2n) is 4.41. The van der Waals surface area contributed by atoms with Gasteiger partial charge in [0.15, 0.2) is 6.61 Å². The van der Waals surface area contributed by atoms with Crippen LogP contribution in [0.2, 0.25) is 0 Å². The van der Waals surface area contributed by atoms with Crippen molar-refractivity contribution in [2.24, 2.45) is 0 Å². The monoisotopic (exact) mass is 263 g/mol. The lowest BCUT2D eigenvalue weighted by Gasteiger charge is -2.02. The fourth-order valence-corrected chi connectivity index (χ4v) is 2.18. The van der Waals surface area contributed by atoms with Crippen molar-refractivity contribution >= 4 is 10.9 Å². The number of aromatic nitrogens is 2. The maximum Gasteiger partial charge on any atom is 0.241 e. The van der Waals surface area contributed by atoms with Crippen molar-refractivity contribution < 1.29 is 4.74 Å². The van der Waals surface area contributed by atoms with E-state index in [1.807, 2.05) is 53.2 Å². The molecule has 3 rings (SSSR count). The van der Waals surface area contributed by atoms with Crippen molar-refractivity contribution in [2.75, 3.05) is 6.61 Å². The van der Waals surface area contributed by atoms with E-state index in [-0.39, 0.29) is 6.61 Å². The molecular formula is C16H13N3O. The highest BCUT2D eigenvalue weighted by molar-refractivity contribution is 5.84. The van der Waals surface area contributed by atoms with Crippen LogP contribution in [0.4, 0.5) is 0 Å². The van der Waals surface area contributed by atoms with Crippen LogP contribution in [0, 0.1) is 11.3 Å². The summed E-state index contributed by atoms with van der Waals surface area (Å²) < 4.78 is 7.29. The Balaban J connectivity index is 2.00. The first kappa shape index (κ1) is 12.2. The maximum atomic E-state index is 8.63. The van der Waals surface area contributed by atoms with Gasteiger partial charge in [-0.05, 0) is 17.7 Å². The molecule has 0 atom stereocenters. The third-order valence-electron chi connectivity index (χ3n) is 3.07. The SMILES string of the molecule is N#CCOc1nn(Cc2ccccc2)c2ccccc12. The van der Waals surface area contributed by atoms with Crippen molar-refractivity contribution in [1.29, 1.82) is 5.26 Å². The van der Waals surface area contributed by atoms with Gasteiger partial charge in [-0.1, -0.05) is 42.5 Å². The minimum absolute atomic E-state index is 0.00629. The molecule has 20 heavy (non-hydrogen) atoms. The molecular weight excluding hydrogens is 250 g/mol. The van der Waals surface area contributed by atoms with E-state index < -0.39 is 0 Å². The smallest absolute Gasteiger partial charge is 0.241 e. The summed E-state index contributed by atoms with van der Waals surface area (Å²) in [6.07, 6.45) is 0. The number of benzene rings is 2.